The molecule has 108 valence electrons. The third-order valence-electron chi connectivity index (χ3n) is 2.29. The molecule has 1 heterocycles. The zero-order valence-electron chi connectivity index (χ0n) is 10.4. The van der Waals surface area contributed by atoms with E-state index in [1.165, 1.54) is 17.4 Å². The number of hydrazone groups is 1. The van der Waals surface area contributed by atoms with Gasteiger partial charge in [-0.15, -0.1) is 11.3 Å². The summed E-state index contributed by atoms with van der Waals surface area (Å²) in [5, 5.41) is 19.7. The molecule has 0 atom stereocenters. The number of anilines is 1. The molecular formula is C12H9BrN4O2S2. The van der Waals surface area contributed by atoms with E-state index in [-0.39, 0.29) is 10.8 Å². The van der Waals surface area contributed by atoms with E-state index in [1.54, 1.807) is 24.4 Å². The first kappa shape index (κ1) is 15.5. The van der Waals surface area contributed by atoms with Crippen LogP contribution < -0.4 is 10.7 Å². The summed E-state index contributed by atoms with van der Waals surface area (Å²) >= 11 is 9.91. The van der Waals surface area contributed by atoms with E-state index in [2.05, 4.69) is 31.8 Å². The van der Waals surface area contributed by atoms with Gasteiger partial charge in [0.2, 0.25) is 0 Å². The fraction of sp³-hybridized carbons (Fsp3) is 0. The molecule has 0 aliphatic heterocycles. The molecule has 2 N–H and O–H groups in total. The molecule has 0 radical (unpaired) electrons. The lowest BCUT2D eigenvalue weighted by atomic mass is 10.3. The van der Waals surface area contributed by atoms with Crippen LogP contribution in [-0.4, -0.2) is 16.3 Å². The standard InChI is InChI=1S/C12H9BrN4O2S2/c13-8-5-9(21-7-8)6-14-16-12(20)15-10-3-1-2-4-11(10)17(18)19/h1-7H,(H2,15,16,20)/b14-6-. The highest BCUT2D eigenvalue weighted by atomic mass is 79.9. The van der Waals surface area contributed by atoms with Crippen molar-refractivity contribution in [2.24, 2.45) is 5.10 Å². The Balaban J connectivity index is 1.96. The van der Waals surface area contributed by atoms with Gasteiger partial charge in [-0.3, -0.25) is 15.5 Å². The molecule has 21 heavy (non-hydrogen) atoms. The quantitative estimate of drug-likeness (QED) is 0.363. The molecule has 9 heteroatoms. The van der Waals surface area contributed by atoms with E-state index in [0.717, 1.165) is 9.35 Å². The number of hydrogen-bond donors (Lipinski definition) is 2. The van der Waals surface area contributed by atoms with Crippen molar-refractivity contribution in [1.29, 1.82) is 0 Å². The Morgan fingerprint density at radius 1 is 1.48 bits per heavy atom. The minimum absolute atomic E-state index is 0.0483. The summed E-state index contributed by atoms with van der Waals surface area (Å²) in [5.74, 6) is 0. The number of nitrogens with zero attached hydrogens (tertiary/aromatic N) is 2. The minimum atomic E-state index is -0.475. The van der Waals surface area contributed by atoms with Gasteiger partial charge in [0, 0.05) is 20.8 Å². The van der Waals surface area contributed by atoms with Crippen LogP contribution in [0, 0.1) is 10.1 Å². The van der Waals surface area contributed by atoms with Gasteiger partial charge in [-0.05, 0) is 40.3 Å². The molecule has 0 aliphatic carbocycles. The summed E-state index contributed by atoms with van der Waals surface area (Å²) in [7, 11) is 0. The topological polar surface area (TPSA) is 79.6 Å². The second-order valence-electron chi connectivity index (χ2n) is 3.77. The number of thiocarbonyl (C=S) groups is 1. The fourth-order valence-corrected chi connectivity index (χ4v) is 2.91. The average Bonchev–Trinajstić information content (AvgIpc) is 2.85. The van der Waals surface area contributed by atoms with E-state index in [0.29, 0.717) is 5.69 Å². The lowest BCUT2D eigenvalue weighted by Crippen LogP contribution is -2.24. The highest BCUT2D eigenvalue weighted by Gasteiger charge is 2.12. The molecule has 0 fully saturated rings. The lowest BCUT2D eigenvalue weighted by molar-refractivity contribution is -0.383. The molecule has 0 saturated carbocycles. The highest BCUT2D eigenvalue weighted by Crippen LogP contribution is 2.22. The summed E-state index contributed by atoms with van der Waals surface area (Å²) in [4.78, 5) is 11.3. The molecule has 0 spiro atoms. The normalized spacial score (nSPS) is 10.5. The zero-order chi connectivity index (χ0) is 15.2. The van der Waals surface area contributed by atoms with Crippen LogP contribution in [-0.2, 0) is 0 Å². The maximum absolute atomic E-state index is 10.9. The van der Waals surface area contributed by atoms with Crippen LogP contribution >= 0.6 is 39.5 Å². The zero-order valence-corrected chi connectivity index (χ0v) is 13.7. The van der Waals surface area contributed by atoms with E-state index in [9.17, 15) is 10.1 Å². The Bertz CT molecular complexity index is 702. The highest BCUT2D eigenvalue weighted by molar-refractivity contribution is 9.10. The van der Waals surface area contributed by atoms with Crippen LogP contribution in [0.15, 0.2) is 45.3 Å². The van der Waals surface area contributed by atoms with Crippen LogP contribution in [0.2, 0.25) is 0 Å². The van der Waals surface area contributed by atoms with Crippen LogP contribution in [0.25, 0.3) is 0 Å². The number of hydrogen-bond acceptors (Lipinski definition) is 5. The molecule has 1 aromatic carbocycles. The number of benzene rings is 1. The Morgan fingerprint density at radius 3 is 2.90 bits per heavy atom. The average molecular weight is 385 g/mol. The smallest absolute Gasteiger partial charge is 0.292 e. The number of halogens is 1. The van der Waals surface area contributed by atoms with Gasteiger partial charge in [0.25, 0.3) is 5.69 Å². The van der Waals surface area contributed by atoms with Crippen LogP contribution in [0.5, 0.6) is 0 Å². The molecule has 1 aromatic heterocycles. The van der Waals surface area contributed by atoms with Crippen molar-refractivity contribution in [3.63, 3.8) is 0 Å². The summed E-state index contributed by atoms with van der Waals surface area (Å²) < 4.78 is 0.981. The molecule has 2 rings (SSSR count). The Morgan fingerprint density at radius 2 is 2.24 bits per heavy atom. The van der Waals surface area contributed by atoms with Gasteiger partial charge in [0.05, 0.1) is 11.1 Å². The van der Waals surface area contributed by atoms with Crippen molar-refractivity contribution in [2.75, 3.05) is 5.32 Å². The van der Waals surface area contributed by atoms with Crippen molar-refractivity contribution in [1.82, 2.24) is 5.43 Å². The third kappa shape index (κ3) is 4.59. The van der Waals surface area contributed by atoms with Crippen molar-refractivity contribution >= 4 is 62.2 Å². The number of nitro groups is 1. The van der Waals surface area contributed by atoms with Crippen molar-refractivity contribution in [2.45, 2.75) is 0 Å². The molecule has 0 unspecified atom stereocenters. The van der Waals surface area contributed by atoms with E-state index in [4.69, 9.17) is 12.2 Å². The maximum atomic E-state index is 10.9. The number of nitrogens with one attached hydrogen (secondary N) is 2. The van der Waals surface area contributed by atoms with Gasteiger partial charge in [-0.25, -0.2) is 0 Å². The van der Waals surface area contributed by atoms with E-state index >= 15 is 0 Å². The van der Waals surface area contributed by atoms with Gasteiger partial charge in [0.1, 0.15) is 5.69 Å². The number of rotatable bonds is 4. The molecule has 0 aliphatic rings. The van der Waals surface area contributed by atoms with Crippen LogP contribution in [0.3, 0.4) is 0 Å². The van der Waals surface area contributed by atoms with Gasteiger partial charge < -0.3 is 5.32 Å². The van der Waals surface area contributed by atoms with Crippen LogP contribution in [0.1, 0.15) is 4.88 Å². The molecule has 6 nitrogen and oxygen atoms in total. The first-order valence-electron chi connectivity index (χ1n) is 5.64. The summed E-state index contributed by atoms with van der Waals surface area (Å²) in [6.45, 7) is 0. The van der Waals surface area contributed by atoms with Gasteiger partial charge in [0.15, 0.2) is 5.11 Å². The monoisotopic (exact) mass is 384 g/mol. The molecule has 0 bridgehead atoms. The number of para-hydroxylation sites is 2. The predicted molar refractivity (Wildman–Crippen MR) is 92.1 cm³/mol. The summed E-state index contributed by atoms with van der Waals surface area (Å²) in [6, 6.07) is 8.16. The number of nitro benzene ring substituents is 1. The molecule has 2 aromatic rings. The van der Waals surface area contributed by atoms with Gasteiger partial charge in [-0.2, -0.15) is 5.10 Å². The number of thiophene rings is 1. The van der Waals surface area contributed by atoms with E-state index < -0.39 is 4.92 Å². The minimum Gasteiger partial charge on any atom is -0.326 e. The van der Waals surface area contributed by atoms with Crippen LogP contribution in [0.4, 0.5) is 11.4 Å². The van der Waals surface area contributed by atoms with Gasteiger partial charge in [-0.1, -0.05) is 12.1 Å². The molecule has 0 amide bonds. The first-order valence-corrected chi connectivity index (χ1v) is 7.72. The van der Waals surface area contributed by atoms with Crippen molar-refractivity contribution < 1.29 is 4.92 Å². The third-order valence-corrected chi connectivity index (χ3v) is 4.12. The summed E-state index contributed by atoms with van der Waals surface area (Å²) in [6.07, 6.45) is 1.61. The van der Waals surface area contributed by atoms with Crippen molar-refractivity contribution in [3.05, 3.63) is 55.2 Å². The fourth-order valence-electron chi connectivity index (χ4n) is 1.44. The Kier molecular flexibility index (Phi) is 5.37. The van der Waals surface area contributed by atoms with Gasteiger partial charge >= 0.3 is 0 Å². The SMILES string of the molecule is O=[N+]([O-])c1ccccc1NC(=S)N/N=C\c1cc(Br)cs1. The predicted octanol–water partition coefficient (Wildman–Crippen LogP) is 3.74. The molecule has 0 saturated heterocycles. The van der Waals surface area contributed by atoms with E-state index in [1.807, 2.05) is 11.4 Å². The molecular weight excluding hydrogens is 376 g/mol. The second kappa shape index (κ2) is 7.25. The first-order chi connectivity index (χ1) is 10.1. The van der Waals surface area contributed by atoms with Crippen molar-refractivity contribution in [3.8, 4) is 0 Å². The second-order valence-corrected chi connectivity index (χ2v) is 6.03. The maximum Gasteiger partial charge on any atom is 0.292 e. The summed E-state index contributed by atoms with van der Waals surface area (Å²) in [5.41, 5.74) is 2.88. The Labute approximate surface area is 138 Å². The largest absolute Gasteiger partial charge is 0.326 e. The Hall–Kier alpha value is -1.84. The lowest BCUT2D eigenvalue weighted by Gasteiger charge is -2.06.